The molecule has 0 amide bonds. The molecule has 0 unspecified atom stereocenters. The van der Waals surface area contributed by atoms with Crippen molar-refractivity contribution in [3.05, 3.63) is 18.3 Å². The van der Waals surface area contributed by atoms with Crippen LogP contribution >= 0.6 is 0 Å². The van der Waals surface area contributed by atoms with E-state index in [1.807, 2.05) is 18.3 Å². The van der Waals surface area contributed by atoms with Gasteiger partial charge in [-0.05, 0) is 18.6 Å². The van der Waals surface area contributed by atoms with Gasteiger partial charge in [-0.15, -0.1) is 0 Å². The summed E-state index contributed by atoms with van der Waals surface area (Å²) in [5, 5.41) is 0. The number of anilines is 1. The Morgan fingerprint density at radius 2 is 2.17 bits per heavy atom. The van der Waals surface area contributed by atoms with E-state index in [-0.39, 0.29) is 0 Å². The van der Waals surface area contributed by atoms with Gasteiger partial charge in [0.15, 0.2) is 0 Å². The molecule has 2 nitrogen and oxygen atoms in total. The van der Waals surface area contributed by atoms with Crippen LogP contribution in [0.5, 0.6) is 0 Å². The predicted molar refractivity (Wildman–Crippen MR) is 53.0 cm³/mol. The Hall–Kier alpha value is -0.920. The van der Waals surface area contributed by atoms with Crippen LogP contribution in [-0.4, -0.2) is 4.57 Å². The number of hydrogen-bond donors (Lipinski definition) is 1. The Bertz CT molecular complexity index is 215. The molecule has 12 heavy (non-hydrogen) atoms. The van der Waals surface area contributed by atoms with Gasteiger partial charge in [-0.2, -0.15) is 0 Å². The van der Waals surface area contributed by atoms with E-state index < -0.39 is 0 Å². The maximum atomic E-state index is 5.72. The molecule has 0 saturated heterocycles. The fourth-order valence-electron chi connectivity index (χ4n) is 1.34. The van der Waals surface area contributed by atoms with E-state index in [1.54, 1.807) is 0 Å². The van der Waals surface area contributed by atoms with Gasteiger partial charge in [0, 0.05) is 12.7 Å². The molecule has 0 aromatic carbocycles. The first-order valence-electron chi connectivity index (χ1n) is 4.75. The third-order valence-corrected chi connectivity index (χ3v) is 2.12. The molecule has 0 radical (unpaired) electrons. The highest BCUT2D eigenvalue weighted by Crippen LogP contribution is 2.07. The Balaban J connectivity index is 2.20. The fraction of sp³-hybridized carbons (Fsp3) is 0.600. The first kappa shape index (κ1) is 9.17. The van der Waals surface area contributed by atoms with Crippen molar-refractivity contribution in [1.82, 2.24) is 4.57 Å². The van der Waals surface area contributed by atoms with E-state index in [0.29, 0.717) is 0 Å². The van der Waals surface area contributed by atoms with Crippen molar-refractivity contribution in [2.45, 2.75) is 39.2 Å². The van der Waals surface area contributed by atoms with Crippen molar-refractivity contribution in [2.24, 2.45) is 0 Å². The van der Waals surface area contributed by atoms with Crippen molar-refractivity contribution >= 4 is 5.82 Å². The Labute approximate surface area is 74.4 Å². The molecule has 1 aromatic heterocycles. The lowest BCUT2D eigenvalue weighted by molar-refractivity contribution is 0.588. The lowest BCUT2D eigenvalue weighted by Gasteiger charge is -2.04. The van der Waals surface area contributed by atoms with Gasteiger partial charge >= 0.3 is 0 Å². The molecule has 0 atom stereocenters. The van der Waals surface area contributed by atoms with Gasteiger partial charge < -0.3 is 10.3 Å². The van der Waals surface area contributed by atoms with Gasteiger partial charge in [-0.25, -0.2) is 0 Å². The minimum Gasteiger partial charge on any atom is -0.385 e. The van der Waals surface area contributed by atoms with Crippen molar-refractivity contribution in [2.75, 3.05) is 5.73 Å². The van der Waals surface area contributed by atoms with Crippen LogP contribution in [0.1, 0.15) is 32.6 Å². The van der Waals surface area contributed by atoms with Crippen LogP contribution in [0.4, 0.5) is 5.82 Å². The molecule has 1 aromatic rings. The van der Waals surface area contributed by atoms with E-state index >= 15 is 0 Å². The van der Waals surface area contributed by atoms with E-state index in [1.165, 1.54) is 25.7 Å². The number of rotatable bonds is 5. The summed E-state index contributed by atoms with van der Waals surface area (Å²) in [6.07, 6.45) is 7.23. The third-order valence-electron chi connectivity index (χ3n) is 2.12. The monoisotopic (exact) mass is 166 g/mol. The standard InChI is InChI=1S/C10H18N2/c1-2-3-4-5-8-12-9-6-7-10(12)11/h6-7,9H,2-5,8,11H2,1H3. The van der Waals surface area contributed by atoms with Crippen LogP contribution in [-0.2, 0) is 6.54 Å². The molecule has 0 bridgehead atoms. The first-order chi connectivity index (χ1) is 5.84. The van der Waals surface area contributed by atoms with Crippen LogP contribution in [0.3, 0.4) is 0 Å². The minimum absolute atomic E-state index is 0.881. The summed E-state index contributed by atoms with van der Waals surface area (Å²) in [6, 6.07) is 3.94. The molecular weight excluding hydrogens is 148 g/mol. The Kier molecular flexibility index (Phi) is 3.71. The number of nitrogens with zero attached hydrogens (tertiary/aromatic N) is 1. The Morgan fingerprint density at radius 3 is 2.75 bits per heavy atom. The van der Waals surface area contributed by atoms with Crippen molar-refractivity contribution in [3.63, 3.8) is 0 Å². The minimum atomic E-state index is 0.881. The van der Waals surface area contributed by atoms with Crippen LogP contribution in [0.25, 0.3) is 0 Å². The van der Waals surface area contributed by atoms with Crippen LogP contribution in [0.2, 0.25) is 0 Å². The molecule has 0 aliphatic carbocycles. The molecule has 0 fully saturated rings. The number of aryl methyl sites for hydroxylation is 1. The zero-order chi connectivity index (χ0) is 8.81. The maximum absolute atomic E-state index is 5.72. The van der Waals surface area contributed by atoms with Gasteiger partial charge in [0.2, 0.25) is 0 Å². The lowest BCUT2D eigenvalue weighted by Crippen LogP contribution is -2.00. The zero-order valence-electron chi connectivity index (χ0n) is 7.79. The van der Waals surface area contributed by atoms with Gasteiger partial charge in [0.1, 0.15) is 5.82 Å². The number of nitrogens with two attached hydrogens (primary N) is 1. The van der Waals surface area contributed by atoms with E-state index in [0.717, 1.165) is 12.4 Å². The smallest absolute Gasteiger partial charge is 0.103 e. The second kappa shape index (κ2) is 4.86. The van der Waals surface area contributed by atoms with Crippen LogP contribution < -0.4 is 5.73 Å². The molecule has 0 spiro atoms. The second-order valence-electron chi connectivity index (χ2n) is 3.19. The maximum Gasteiger partial charge on any atom is 0.103 e. The predicted octanol–water partition coefficient (Wildman–Crippen LogP) is 2.65. The summed E-state index contributed by atoms with van der Waals surface area (Å²) in [6.45, 7) is 3.29. The fourth-order valence-corrected chi connectivity index (χ4v) is 1.34. The molecule has 2 heteroatoms. The zero-order valence-corrected chi connectivity index (χ0v) is 7.79. The SMILES string of the molecule is CCCCCCn1cccc1N. The van der Waals surface area contributed by atoms with Gasteiger partial charge in [-0.3, -0.25) is 0 Å². The highest BCUT2D eigenvalue weighted by atomic mass is 15.0. The van der Waals surface area contributed by atoms with Crippen molar-refractivity contribution in [1.29, 1.82) is 0 Å². The average molecular weight is 166 g/mol. The average Bonchev–Trinajstić information content (AvgIpc) is 2.46. The Morgan fingerprint density at radius 1 is 1.33 bits per heavy atom. The molecule has 2 N–H and O–H groups in total. The molecular formula is C10H18N2. The van der Waals surface area contributed by atoms with Crippen molar-refractivity contribution in [3.8, 4) is 0 Å². The van der Waals surface area contributed by atoms with Gasteiger partial charge in [-0.1, -0.05) is 26.2 Å². The van der Waals surface area contributed by atoms with Gasteiger partial charge in [0.05, 0.1) is 0 Å². The molecule has 0 aliphatic rings. The summed E-state index contributed by atoms with van der Waals surface area (Å²) < 4.78 is 2.11. The van der Waals surface area contributed by atoms with Crippen LogP contribution in [0.15, 0.2) is 18.3 Å². The summed E-state index contributed by atoms with van der Waals surface area (Å²) in [5.74, 6) is 0.881. The topological polar surface area (TPSA) is 30.9 Å². The second-order valence-corrected chi connectivity index (χ2v) is 3.19. The largest absolute Gasteiger partial charge is 0.385 e. The summed E-state index contributed by atoms with van der Waals surface area (Å²) >= 11 is 0. The van der Waals surface area contributed by atoms with E-state index in [4.69, 9.17) is 5.73 Å². The summed E-state index contributed by atoms with van der Waals surface area (Å²) in [7, 11) is 0. The van der Waals surface area contributed by atoms with Crippen LogP contribution in [0, 0.1) is 0 Å². The number of unbranched alkanes of at least 4 members (excludes halogenated alkanes) is 3. The molecule has 68 valence electrons. The lowest BCUT2D eigenvalue weighted by atomic mass is 10.2. The number of aromatic nitrogens is 1. The highest BCUT2D eigenvalue weighted by Gasteiger charge is 1.94. The molecule has 1 heterocycles. The molecule has 0 saturated carbocycles. The van der Waals surface area contributed by atoms with E-state index in [9.17, 15) is 0 Å². The van der Waals surface area contributed by atoms with Gasteiger partial charge in [0.25, 0.3) is 0 Å². The highest BCUT2D eigenvalue weighted by molar-refractivity contribution is 5.29. The summed E-state index contributed by atoms with van der Waals surface area (Å²) in [4.78, 5) is 0. The van der Waals surface area contributed by atoms with E-state index in [2.05, 4.69) is 11.5 Å². The van der Waals surface area contributed by atoms with Crippen molar-refractivity contribution < 1.29 is 0 Å². The number of nitrogen functional groups attached to an aromatic ring is 1. The first-order valence-corrected chi connectivity index (χ1v) is 4.75. The quantitative estimate of drug-likeness (QED) is 0.670. The third kappa shape index (κ3) is 2.61. The normalized spacial score (nSPS) is 10.4. The number of hydrogen-bond acceptors (Lipinski definition) is 1. The molecule has 1 rings (SSSR count). The summed E-state index contributed by atoms with van der Waals surface area (Å²) in [5.41, 5.74) is 5.72. The molecule has 0 aliphatic heterocycles.